The van der Waals surface area contributed by atoms with Crippen molar-refractivity contribution >= 4 is 33.2 Å². The molecule has 7 heteroatoms. The van der Waals surface area contributed by atoms with Crippen LogP contribution in [0, 0.1) is 6.92 Å². The minimum Gasteiger partial charge on any atom is -0.352 e. The topological polar surface area (TPSA) is 75.3 Å². The summed E-state index contributed by atoms with van der Waals surface area (Å²) in [5.74, 6) is -0.333. The highest BCUT2D eigenvalue weighted by Crippen LogP contribution is 2.26. The van der Waals surface area contributed by atoms with Gasteiger partial charge in [-0.3, -0.25) is 9.52 Å². The standard InChI is InChI=1S/C17H19ClN2O3S/c1-3-10-19-17(21)13-8-9-14(18)16(11-13)24(22,23)20-15-7-5-4-6-12(15)2/h4-9,11,20H,3,10H2,1-2H3,(H,19,21). The van der Waals surface area contributed by atoms with E-state index in [1.165, 1.54) is 18.2 Å². The number of hydrogen-bond donors (Lipinski definition) is 2. The highest BCUT2D eigenvalue weighted by atomic mass is 35.5. The summed E-state index contributed by atoms with van der Waals surface area (Å²) in [5, 5.41) is 2.77. The SMILES string of the molecule is CCCNC(=O)c1ccc(Cl)c(S(=O)(=O)Nc2ccccc2C)c1. The Bertz CT molecular complexity index is 851. The van der Waals surface area contributed by atoms with Gasteiger partial charge in [-0.05, 0) is 43.2 Å². The van der Waals surface area contributed by atoms with Gasteiger partial charge in [0.2, 0.25) is 0 Å². The van der Waals surface area contributed by atoms with Gasteiger partial charge in [-0.15, -0.1) is 0 Å². The van der Waals surface area contributed by atoms with Gasteiger partial charge in [0, 0.05) is 12.1 Å². The quantitative estimate of drug-likeness (QED) is 0.820. The molecular weight excluding hydrogens is 348 g/mol. The van der Waals surface area contributed by atoms with Crippen LogP contribution in [0.4, 0.5) is 5.69 Å². The van der Waals surface area contributed by atoms with Crippen molar-refractivity contribution < 1.29 is 13.2 Å². The zero-order chi connectivity index (χ0) is 17.7. The third-order valence-corrected chi connectivity index (χ3v) is 5.25. The molecule has 128 valence electrons. The van der Waals surface area contributed by atoms with Crippen molar-refractivity contribution in [2.45, 2.75) is 25.2 Å². The predicted octanol–water partition coefficient (Wildman–Crippen LogP) is 3.59. The molecule has 0 aliphatic carbocycles. The molecule has 2 rings (SSSR count). The summed E-state index contributed by atoms with van der Waals surface area (Å²) in [6, 6.07) is 11.2. The summed E-state index contributed by atoms with van der Waals surface area (Å²) in [4.78, 5) is 11.9. The normalized spacial score (nSPS) is 11.1. The van der Waals surface area contributed by atoms with Gasteiger partial charge >= 0.3 is 0 Å². The van der Waals surface area contributed by atoms with Crippen molar-refractivity contribution in [2.75, 3.05) is 11.3 Å². The van der Waals surface area contributed by atoms with Crippen LogP contribution in [-0.4, -0.2) is 20.9 Å². The molecule has 0 unspecified atom stereocenters. The van der Waals surface area contributed by atoms with Crippen LogP contribution < -0.4 is 10.0 Å². The number of aryl methyl sites for hydroxylation is 1. The maximum atomic E-state index is 12.6. The third kappa shape index (κ3) is 4.27. The van der Waals surface area contributed by atoms with Gasteiger partial charge < -0.3 is 5.32 Å². The van der Waals surface area contributed by atoms with E-state index in [9.17, 15) is 13.2 Å². The summed E-state index contributed by atoms with van der Waals surface area (Å²) < 4.78 is 27.8. The molecule has 0 heterocycles. The lowest BCUT2D eigenvalue weighted by atomic mass is 10.2. The number of sulfonamides is 1. The average molecular weight is 367 g/mol. The van der Waals surface area contributed by atoms with Crippen molar-refractivity contribution in [2.24, 2.45) is 0 Å². The Morgan fingerprint density at radius 2 is 1.88 bits per heavy atom. The number of halogens is 1. The smallest absolute Gasteiger partial charge is 0.263 e. The molecule has 0 saturated carbocycles. The lowest BCUT2D eigenvalue weighted by Gasteiger charge is -2.12. The number of benzene rings is 2. The van der Waals surface area contributed by atoms with E-state index in [4.69, 9.17) is 11.6 Å². The lowest BCUT2D eigenvalue weighted by molar-refractivity contribution is 0.0953. The van der Waals surface area contributed by atoms with Crippen molar-refractivity contribution in [3.05, 3.63) is 58.6 Å². The molecule has 2 aromatic rings. The molecule has 0 spiro atoms. The van der Waals surface area contributed by atoms with Gasteiger partial charge in [0.05, 0.1) is 10.7 Å². The number of para-hydroxylation sites is 1. The number of carbonyl (C=O) groups is 1. The van der Waals surface area contributed by atoms with E-state index in [0.717, 1.165) is 12.0 Å². The van der Waals surface area contributed by atoms with Gasteiger partial charge in [0.25, 0.3) is 15.9 Å². The minimum atomic E-state index is -3.90. The molecule has 0 aliphatic heterocycles. The highest BCUT2D eigenvalue weighted by Gasteiger charge is 2.21. The summed E-state index contributed by atoms with van der Waals surface area (Å²) in [6.07, 6.45) is 0.791. The Labute approximate surface area is 147 Å². The molecule has 24 heavy (non-hydrogen) atoms. The first-order valence-corrected chi connectivity index (χ1v) is 9.37. The van der Waals surface area contributed by atoms with Gasteiger partial charge in [0.15, 0.2) is 0 Å². The molecule has 2 aromatic carbocycles. The minimum absolute atomic E-state index is 0.0584. The maximum Gasteiger partial charge on any atom is 0.263 e. The number of rotatable bonds is 6. The molecule has 0 atom stereocenters. The Kier molecular flexibility index (Phi) is 5.85. The Balaban J connectivity index is 2.36. The third-order valence-electron chi connectivity index (χ3n) is 3.41. The van der Waals surface area contributed by atoms with E-state index in [1.54, 1.807) is 25.1 Å². The molecule has 0 bridgehead atoms. The van der Waals surface area contributed by atoms with E-state index >= 15 is 0 Å². The predicted molar refractivity (Wildman–Crippen MR) is 96.1 cm³/mol. The molecule has 1 amide bonds. The molecule has 2 N–H and O–H groups in total. The Morgan fingerprint density at radius 1 is 1.17 bits per heavy atom. The van der Waals surface area contributed by atoms with Gasteiger partial charge in [-0.25, -0.2) is 8.42 Å². The van der Waals surface area contributed by atoms with Crippen LogP contribution in [0.2, 0.25) is 5.02 Å². The van der Waals surface area contributed by atoms with Crippen LogP contribution in [0.5, 0.6) is 0 Å². The fourth-order valence-corrected chi connectivity index (χ4v) is 3.74. The molecule has 0 radical (unpaired) electrons. The van der Waals surface area contributed by atoms with Gasteiger partial charge in [0.1, 0.15) is 4.90 Å². The first-order chi connectivity index (χ1) is 11.3. The largest absolute Gasteiger partial charge is 0.352 e. The number of carbonyl (C=O) groups excluding carboxylic acids is 1. The molecule has 5 nitrogen and oxygen atoms in total. The van der Waals surface area contributed by atoms with Crippen molar-refractivity contribution in [1.82, 2.24) is 5.32 Å². The second-order valence-corrected chi connectivity index (χ2v) is 7.38. The molecule has 0 aliphatic rings. The molecule has 0 fully saturated rings. The van der Waals surface area contributed by atoms with Crippen molar-refractivity contribution in [1.29, 1.82) is 0 Å². The van der Waals surface area contributed by atoms with Crippen LogP contribution in [0.15, 0.2) is 47.4 Å². The average Bonchev–Trinajstić information content (AvgIpc) is 2.55. The Hall–Kier alpha value is -2.05. The van der Waals surface area contributed by atoms with Crippen LogP contribution in [0.3, 0.4) is 0 Å². The van der Waals surface area contributed by atoms with Crippen molar-refractivity contribution in [3.8, 4) is 0 Å². The van der Waals surface area contributed by atoms with E-state index in [-0.39, 0.29) is 21.4 Å². The summed E-state index contributed by atoms with van der Waals surface area (Å²) in [5.41, 5.74) is 1.50. The fourth-order valence-electron chi connectivity index (χ4n) is 2.08. The number of nitrogens with one attached hydrogen (secondary N) is 2. The van der Waals surface area contributed by atoms with E-state index in [2.05, 4.69) is 10.0 Å². The van der Waals surface area contributed by atoms with Crippen LogP contribution in [-0.2, 0) is 10.0 Å². The second kappa shape index (κ2) is 7.68. The zero-order valence-corrected chi connectivity index (χ0v) is 15.0. The molecule has 0 aromatic heterocycles. The molecular formula is C17H19ClN2O3S. The first kappa shape index (κ1) is 18.3. The lowest BCUT2D eigenvalue weighted by Crippen LogP contribution is -2.24. The van der Waals surface area contributed by atoms with Crippen LogP contribution in [0.25, 0.3) is 0 Å². The highest BCUT2D eigenvalue weighted by molar-refractivity contribution is 7.92. The number of anilines is 1. The fraction of sp³-hybridized carbons (Fsp3) is 0.235. The maximum absolute atomic E-state index is 12.6. The van der Waals surface area contributed by atoms with E-state index in [0.29, 0.717) is 12.2 Å². The molecule has 0 saturated heterocycles. The first-order valence-electron chi connectivity index (χ1n) is 7.51. The van der Waals surface area contributed by atoms with E-state index in [1.807, 2.05) is 13.0 Å². The monoisotopic (exact) mass is 366 g/mol. The summed E-state index contributed by atoms with van der Waals surface area (Å²) >= 11 is 6.04. The van der Waals surface area contributed by atoms with E-state index < -0.39 is 10.0 Å². The van der Waals surface area contributed by atoms with Gasteiger partial charge in [-0.1, -0.05) is 36.7 Å². The number of hydrogen-bond acceptors (Lipinski definition) is 3. The van der Waals surface area contributed by atoms with Gasteiger partial charge in [-0.2, -0.15) is 0 Å². The van der Waals surface area contributed by atoms with Crippen LogP contribution >= 0.6 is 11.6 Å². The van der Waals surface area contributed by atoms with Crippen LogP contribution in [0.1, 0.15) is 29.3 Å². The summed E-state index contributed by atoms with van der Waals surface area (Å²) in [6.45, 7) is 4.25. The second-order valence-electron chi connectivity index (χ2n) is 5.32. The Morgan fingerprint density at radius 3 is 2.54 bits per heavy atom. The summed E-state index contributed by atoms with van der Waals surface area (Å²) in [7, 11) is -3.90. The van der Waals surface area contributed by atoms with Crippen molar-refractivity contribution in [3.63, 3.8) is 0 Å². The zero-order valence-electron chi connectivity index (χ0n) is 13.5. The number of amides is 1.